The molecule has 0 saturated carbocycles. The molecule has 1 aromatic carbocycles. The molecule has 0 radical (unpaired) electrons. The van der Waals surface area contributed by atoms with Crippen LogP contribution in [-0.2, 0) is 17.9 Å². The van der Waals surface area contributed by atoms with E-state index in [-0.39, 0.29) is 18.6 Å². The molecule has 0 saturated heterocycles. The van der Waals surface area contributed by atoms with E-state index in [2.05, 4.69) is 32.8 Å². The first-order chi connectivity index (χ1) is 14.6. The van der Waals surface area contributed by atoms with Crippen LogP contribution < -0.4 is 21.2 Å². The van der Waals surface area contributed by atoms with Crippen LogP contribution in [0.15, 0.2) is 62.8 Å². The van der Waals surface area contributed by atoms with Crippen molar-refractivity contribution < 1.29 is 9.53 Å². The number of benzene rings is 1. The number of hydrogen-bond acceptors (Lipinski definition) is 6. The van der Waals surface area contributed by atoms with Gasteiger partial charge < -0.3 is 10.1 Å². The monoisotopic (exact) mass is 426 g/mol. The predicted octanol–water partition coefficient (Wildman–Crippen LogP) is 1.35. The SMILES string of the molecule is O=C(Cn1[nH]c(=O)ccc1=O)NCCN1Cc2ccccc2OC(c2ccsc2)C1. The first-order valence-electron chi connectivity index (χ1n) is 9.64. The maximum atomic E-state index is 12.2. The quantitative estimate of drug-likeness (QED) is 0.620. The number of H-pyrrole nitrogens is 1. The van der Waals surface area contributed by atoms with Crippen LogP contribution in [0, 0.1) is 0 Å². The van der Waals surface area contributed by atoms with Gasteiger partial charge in [0, 0.05) is 49.4 Å². The van der Waals surface area contributed by atoms with Crippen LogP contribution in [0.4, 0.5) is 0 Å². The molecule has 2 aromatic heterocycles. The molecule has 0 fully saturated rings. The van der Waals surface area contributed by atoms with E-state index in [0.717, 1.165) is 40.2 Å². The molecule has 3 heterocycles. The molecule has 8 nitrogen and oxygen atoms in total. The summed E-state index contributed by atoms with van der Waals surface area (Å²) >= 11 is 1.64. The van der Waals surface area contributed by atoms with Crippen molar-refractivity contribution in [1.82, 2.24) is 20.0 Å². The maximum absolute atomic E-state index is 12.2. The Kier molecular flexibility index (Phi) is 6.10. The van der Waals surface area contributed by atoms with Gasteiger partial charge in [-0.15, -0.1) is 0 Å². The van der Waals surface area contributed by atoms with Crippen LogP contribution in [-0.4, -0.2) is 40.2 Å². The van der Waals surface area contributed by atoms with Crippen LogP contribution in [0.1, 0.15) is 17.2 Å². The minimum absolute atomic E-state index is 0.0800. The highest BCUT2D eigenvalue weighted by molar-refractivity contribution is 7.07. The number of nitrogens with one attached hydrogen (secondary N) is 2. The Balaban J connectivity index is 1.38. The lowest BCUT2D eigenvalue weighted by Gasteiger charge is -2.23. The van der Waals surface area contributed by atoms with Crippen molar-refractivity contribution in [3.8, 4) is 5.75 Å². The third-order valence-corrected chi connectivity index (χ3v) is 5.62. The third kappa shape index (κ3) is 4.87. The van der Waals surface area contributed by atoms with E-state index in [9.17, 15) is 14.4 Å². The summed E-state index contributed by atoms with van der Waals surface area (Å²) in [5.74, 6) is 0.549. The molecule has 0 bridgehead atoms. The van der Waals surface area contributed by atoms with E-state index in [1.54, 1.807) is 11.3 Å². The summed E-state index contributed by atoms with van der Waals surface area (Å²) in [5, 5.41) is 9.30. The van der Waals surface area contributed by atoms with Gasteiger partial charge in [-0.3, -0.25) is 24.4 Å². The lowest BCUT2D eigenvalue weighted by atomic mass is 10.2. The summed E-state index contributed by atoms with van der Waals surface area (Å²) in [4.78, 5) is 37.5. The number of ether oxygens (including phenoxy) is 1. The molecule has 0 spiro atoms. The van der Waals surface area contributed by atoms with Crippen molar-refractivity contribution in [2.45, 2.75) is 19.2 Å². The van der Waals surface area contributed by atoms with Crippen molar-refractivity contribution in [3.05, 3.63) is 85.1 Å². The zero-order chi connectivity index (χ0) is 20.9. The molecule has 2 N–H and O–H groups in total. The van der Waals surface area contributed by atoms with Crippen molar-refractivity contribution in [1.29, 1.82) is 0 Å². The fourth-order valence-electron chi connectivity index (χ4n) is 3.41. The van der Waals surface area contributed by atoms with Gasteiger partial charge in [0.05, 0.1) is 0 Å². The number of aromatic nitrogens is 2. The lowest BCUT2D eigenvalue weighted by molar-refractivity contribution is -0.122. The molecule has 1 atom stereocenters. The first kappa shape index (κ1) is 20.1. The second kappa shape index (κ2) is 9.10. The van der Waals surface area contributed by atoms with Gasteiger partial charge in [-0.2, -0.15) is 11.3 Å². The van der Waals surface area contributed by atoms with E-state index in [4.69, 9.17) is 4.74 Å². The highest BCUT2D eigenvalue weighted by atomic mass is 32.1. The van der Waals surface area contributed by atoms with Gasteiger partial charge in [0.25, 0.3) is 11.1 Å². The Morgan fingerprint density at radius 3 is 2.90 bits per heavy atom. The van der Waals surface area contributed by atoms with Gasteiger partial charge in [0.15, 0.2) is 0 Å². The number of carbonyl (C=O) groups is 1. The molecule has 1 amide bonds. The number of thiophene rings is 1. The Labute approximate surface area is 176 Å². The van der Waals surface area contributed by atoms with Gasteiger partial charge in [-0.25, -0.2) is 4.68 Å². The second-order valence-corrected chi connectivity index (χ2v) is 7.87. The smallest absolute Gasteiger partial charge is 0.265 e. The van der Waals surface area contributed by atoms with E-state index < -0.39 is 11.1 Å². The summed E-state index contributed by atoms with van der Waals surface area (Å²) in [6.45, 7) is 2.25. The highest BCUT2D eigenvalue weighted by Crippen LogP contribution is 2.31. The van der Waals surface area contributed by atoms with Crippen LogP contribution >= 0.6 is 11.3 Å². The molecule has 1 aliphatic heterocycles. The number of carbonyl (C=O) groups excluding carboxylic acids is 1. The van der Waals surface area contributed by atoms with Crippen LogP contribution in [0.3, 0.4) is 0 Å². The standard InChI is InChI=1S/C21H22N4O4S/c26-19-5-6-21(28)25(23-19)13-20(27)22-8-9-24-11-15-3-1-2-4-17(15)29-18(12-24)16-7-10-30-14-16/h1-7,10,14,18H,8-9,11-13H2,(H,22,27)(H,23,26). The molecular formula is C21H22N4O4S. The minimum Gasteiger partial charge on any atom is -0.484 e. The van der Waals surface area contributed by atoms with E-state index in [1.165, 1.54) is 0 Å². The number of hydrogen-bond donors (Lipinski definition) is 2. The Hall–Kier alpha value is -3.17. The number of aromatic amines is 1. The topological polar surface area (TPSA) is 96.4 Å². The van der Waals surface area contributed by atoms with E-state index in [0.29, 0.717) is 19.6 Å². The van der Waals surface area contributed by atoms with E-state index in [1.807, 2.05) is 23.6 Å². The Morgan fingerprint density at radius 1 is 1.20 bits per heavy atom. The Bertz CT molecular complexity index is 1120. The molecule has 1 unspecified atom stereocenters. The van der Waals surface area contributed by atoms with Crippen molar-refractivity contribution >= 4 is 17.2 Å². The van der Waals surface area contributed by atoms with Crippen molar-refractivity contribution in [2.24, 2.45) is 0 Å². The fourth-order valence-corrected chi connectivity index (χ4v) is 4.12. The molecule has 4 rings (SSSR count). The van der Waals surface area contributed by atoms with Gasteiger partial charge in [-0.1, -0.05) is 18.2 Å². The fraction of sp³-hybridized carbons (Fsp3) is 0.286. The normalized spacial score (nSPS) is 16.3. The molecule has 30 heavy (non-hydrogen) atoms. The molecule has 9 heteroatoms. The zero-order valence-electron chi connectivity index (χ0n) is 16.2. The zero-order valence-corrected chi connectivity index (χ0v) is 17.1. The molecule has 1 aliphatic rings. The van der Waals surface area contributed by atoms with E-state index >= 15 is 0 Å². The lowest BCUT2D eigenvalue weighted by Crippen LogP contribution is -2.40. The first-order valence-corrected chi connectivity index (χ1v) is 10.6. The minimum atomic E-state index is -0.426. The number of nitrogens with zero attached hydrogens (tertiary/aromatic N) is 2. The number of para-hydroxylation sites is 1. The third-order valence-electron chi connectivity index (χ3n) is 4.92. The summed E-state index contributed by atoms with van der Waals surface area (Å²) in [5.41, 5.74) is 1.39. The number of amides is 1. The van der Waals surface area contributed by atoms with Gasteiger partial charge >= 0.3 is 0 Å². The number of fused-ring (bicyclic) bond motifs is 1. The predicted molar refractivity (Wildman–Crippen MR) is 114 cm³/mol. The van der Waals surface area contributed by atoms with Crippen LogP contribution in [0.2, 0.25) is 0 Å². The van der Waals surface area contributed by atoms with Crippen molar-refractivity contribution in [3.63, 3.8) is 0 Å². The van der Waals surface area contributed by atoms with Crippen LogP contribution in [0.5, 0.6) is 5.75 Å². The van der Waals surface area contributed by atoms with Gasteiger partial charge in [0.2, 0.25) is 5.91 Å². The highest BCUT2D eigenvalue weighted by Gasteiger charge is 2.24. The van der Waals surface area contributed by atoms with Crippen molar-refractivity contribution in [2.75, 3.05) is 19.6 Å². The summed E-state index contributed by atoms with van der Waals surface area (Å²) in [6.07, 6.45) is -0.0800. The average Bonchev–Trinajstić information content (AvgIpc) is 3.19. The van der Waals surface area contributed by atoms with Gasteiger partial charge in [0.1, 0.15) is 18.4 Å². The summed E-state index contributed by atoms with van der Waals surface area (Å²) in [6, 6.07) is 12.3. The average molecular weight is 426 g/mol. The Morgan fingerprint density at radius 2 is 2.07 bits per heavy atom. The van der Waals surface area contributed by atoms with Crippen LogP contribution in [0.25, 0.3) is 0 Å². The molecule has 3 aromatic rings. The summed E-state index contributed by atoms with van der Waals surface area (Å²) < 4.78 is 7.27. The molecular weight excluding hydrogens is 404 g/mol. The van der Waals surface area contributed by atoms with Gasteiger partial charge in [-0.05, 0) is 22.9 Å². The summed E-state index contributed by atoms with van der Waals surface area (Å²) in [7, 11) is 0. The molecule has 156 valence electrons. The largest absolute Gasteiger partial charge is 0.484 e. The second-order valence-electron chi connectivity index (χ2n) is 7.09. The maximum Gasteiger partial charge on any atom is 0.265 e. The molecule has 0 aliphatic carbocycles. The number of rotatable bonds is 6.